The van der Waals surface area contributed by atoms with Crippen molar-refractivity contribution in [2.75, 3.05) is 19.6 Å². The predicted octanol–water partition coefficient (Wildman–Crippen LogP) is 7.52. The zero-order chi connectivity index (χ0) is 28.5. The molecule has 6 heteroatoms. The summed E-state index contributed by atoms with van der Waals surface area (Å²) >= 11 is 0. The van der Waals surface area contributed by atoms with E-state index >= 15 is 0 Å². The Kier molecular flexibility index (Phi) is 10.6. The Morgan fingerprint density at radius 1 is 0.634 bits per heavy atom. The van der Waals surface area contributed by atoms with Crippen LogP contribution in [0, 0.1) is 11.8 Å². The molecule has 3 aromatic carbocycles. The number of alkyl halides is 2. The second-order valence-corrected chi connectivity index (χ2v) is 11.8. The number of hydrogen-bond acceptors (Lipinski definition) is 4. The monoisotopic (exact) mass is 563 g/mol. The van der Waals surface area contributed by atoms with Gasteiger partial charge in [0, 0.05) is 25.6 Å². The molecule has 1 saturated carbocycles. The minimum atomic E-state index is -2.59. The molecule has 0 radical (unpaired) electrons. The van der Waals surface area contributed by atoms with Crippen LogP contribution in [0.25, 0.3) is 0 Å². The van der Waals surface area contributed by atoms with Crippen LogP contribution in [-0.4, -0.2) is 48.8 Å². The molecule has 0 spiro atoms. The van der Waals surface area contributed by atoms with Crippen LogP contribution in [0.1, 0.15) is 49.3 Å². The van der Waals surface area contributed by atoms with Gasteiger partial charge in [-0.25, -0.2) is 8.78 Å². The molecule has 0 amide bonds. The highest BCUT2D eigenvalue weighted by atomic mass is 19.3. The summed E-state index contributed by atoms with van der Waals surface area (Å²) in [6, 6.07) is 30.6. The number of hydrogen-bond donors (Lipinski definition) is 0. The topological polar surface area (TPSA) is 30.9 Å². The molecule has 3 aromatic rings. The Bertz CT molecular complexity index is 1100. The lowest BCUT2D eigenvalue weighted by atomic mass is 9.79. The van der Waals surface area contributed by atoms with Gasteiger partial charge in [0.1, 0.15) is 6.10 Å². The molecule has 1 saturated heterocycles. The first-order chi connectivity index (χ1) is 19.9. The van der Waals surface area contributed by atoms with Crippen molar-refractivity contribution in [2.24, 2.45) is 11.8 Å². The zero-order valence-electron chi connectivity index (χ0n) is 24.0. The molecule has 3 atom stereocenters. The average Bonchev–Trinajstić information content (AvgIpc) is 3.00. The zero-order valence-corrected chi connectivity index (χ0v) is 24.0. The van der Waals surface area contributed by atoms with Crippen LogP contribution in [-0.2, 0) is 34.0 Å². The summed E-state index contributed by atoms with van der Waals surface area (Å²) in [5, 5.41) is 0. The number of nitrogens with zero attached hydrogens (tertiary/aromatic N) is 1. The normalized spacial score (nSPS) is 25.7. The smallest absolute Gasteiger partial charge is 0.248 e. The Morgan fingerprint density at radius 2 is 1.05 bits per heavy atom. The van der Waals surface area contributed by atoms with Crippen LogP contribution in [0.4, 0.5) is 8.78 Å². The molecule has 2 fully saturated rings. The van der Waals surface area contributed by atoms with Crippen LogP contribution < -0.4 is 0 Å². The molecule has 4 nitrogen and oxygen atoms in total. The predicted molar refractivity (Wildman–Crippen MR) is 158 cm³/mol. The first-order valence-corrected chi connectivity index (χ1v) is 15.0. The van der Waals surface area contributed by atoms with Gasteiger partial charge in [0.25, 0.3) is 0 Å². The summed E-state index contributed by atoms with van der Waals surface area (Å²) in [4.78, 5) is 2.42. The summed E-state index contributed by atoms with van der Waals surface area (Å²) in [6.07, 6.45) is 2.23. The van der Waals surface area contributed by atoms with Crippen LogP contribution in [0.3, 0.4) is 0 Å². The van der Waals surface area contributed by atoms with E-state index in [0.29, 0.717) is 38.6 Å². The van der Waals surface area contributed by atoms with Crippen molar-refractivity contribution < 1.29 is 23.0 Å². The summed E-state index contributed by atoms with van der Waals surface area (Å²) in [5.74, 6) is -2.69. The highest BCUT2D eigenvalue weighted by Gasteiger charge is 2.41. The van der Waals surface area contributed by atoms with E-state index in [4.69, 9.17) is 14.2 Å². The Morgan fingerprint density at radius 3 is 1.46 bits per heavy atom. The van der Waals surface area contributed by atoms with Crippen molar-refractivity contribution in [2.45, 2.75) is 76.7 Å². The summed E-state index contributed by atoms with van der Waals surface area (Å²) in [6.45, 7) is 4.85. The molecule has 1 aliphatic heterocycles. The van der Waals surface area contributed by atoms with Crippen molar-refractivity contribution >= 4 is 0 Å². The molecule has 5 rings (SSSR count). The lowest BCUT2D eigenvalue weighted by Gasteiger charge is -2.44. The molecular formula is C35H43F2NO3. The van der Waals surface area contributed by atoms with Crippen molar-refractivity contribution in [1.82, 2.24) is 4.90 Å². The molecule has 0 bridgehead atoms. The van der Waals surface area contributed by atoms with Gasteiger partial charge >= 0.3 is 0 Å². The van der Waals surface area contributed by atoms with Crippen molar-refractivity contribution in [3.63, 3.8) is 0 Å². The number of rotatable bonds is 12. The van der Waals surface area contributed by atoms with Gasteiger partial charge in [0.2, 0.25) is 5.92 Å². The third-order valence-electron chi connectivity index (χ3n) is 8.59. The van der Waals surface area contributed by atoms with Crippen molar-refractivity contribution in [3.8, 4) is 0 Å². The average molecular weight is 564 g/mol. The highest BCUT2D eigenvalue weighted by molar-refractivity contribution is 5.15. The molecular weight excluding hydrogens is 520 g/mol. The van der Waals surface area contributed by atoms with Crippen LogP contribution in [0.15, 0.2) is 91.0 Å². The van der Waals surface area contributed by atoms with E-state index in [1.165, 1.54) is 0 Å². The molecule has 2 aliphatic rings. The van der Waals surface area contributed by atoms with Gasteiger partial charge in [-0.3, -0.25) is 4.90 Å². The third kappa shape index (κ3) is 8.92. The van der Waals surface area contributed by atoms with Gasteiger partial charge in [-0.1, -0.05) is 91.0 Å². The van der Waals surface area contributed by atoms with Gasteiger partial charge < -0.3 is 14.2 Å². The summed E-state index contributed by atoms with van der Waals surface area (Å²) < 4.78 is 47.6. The van der Waals surface area contributed by atoms with Gasteiger partial charge in [-0.2, -0.15) is 0 Å². The van der Waals surface area contributed by atoms with Gasteiger partial charge in [0.05, 0.1) is 32.0 Å². The van der Waals surface area contributed by atoms with Gasteiger partial charge in [0.15, 0.2) is 0 Å². The molecule has 1 heterocycles. The molecule has 0 aromatic heterocycles. The SMILES string of the molecule is CC(F)(F)C1CCC(CN2C[C@H](OCc3ccccc3)C(OCc3ccccc3)[C@H](OCc3ccccc3)C2)CC1. The molecule has 220 valence electrons. The van der Waals surface area contributed by atoms with Crippen LogP contribution in [0.2, 0.25) is 0 Å². The first kappa shape index (κ1) is 29.8. The summed E-state index contributed by atoms with van der Waals surface area (Å²) in [5.41, 5.74) is 3.35. The molecule has 41 heavy (non-hydrogen) atoms. The van der Waals surface area contributed by atoms with Crippen LogP contribution >= 0.6 is 0 Å². The van der Waals surface area contributed by atoms with Crippen molar-refractivity contribution in [1.29, 1.82) is 0 Å². The number of benzene rings is 3. The maximum Gasteiger partial charge on any atom is 0.248 e. The van der Waals surface area contributed by atoms with E-state index in [9.17, 15) is 8.78 Å². The lowest BCUT2D eigenvalue weighted by Crippen LogP contribution is -2.58. The lowest BCUT2D eigenvalue weighted by molar-refractivity contribution is -0.186. The molecule has 1 aliphatic carbocycles. The number of halogens is 2. The fraction of sp³-hybridized carbons (Fsp3) is 0.486. The Labute approximate surface area is 243 Å². The first-order valence-electron chi connectivity index (χ1n) is 15.0. The van der Waals surface area contributed by atoms with Crippen LogP contribution in [0.5, 0.6) is 0 Å². The minimum Gasteiger partial charge on any atom is -0.369 e. The van der Waals surface area contributed by atoms with E-state index in [2.05, 4.69) is 41.3 Å². The number of piperidine rings is 1. The van der Waals surface area contributed by atoms with Gasteiger partial charge in [-0.15, -0.1) is 0 Å². The van der Waals surface area contributed by atoms with Gasteiger partial charge in [-0.05, 0) is 55.2 Å². The maximum atomic E-state index is 13.9. The number of ether oxygens (including phenoxy) is 3. The van der Waals surface area contributed by atoms with E-state index < -0.39 is 11.8 Å². The fourth-order valence-electron chi connectivity index (χ4n) is 6.23. The van der Waals surface area contributed by atoms with E-state index in [-0.39, 0.29) is 18.3 Å². The van der Waals surface area contributed by atoms with E-state index in [1.54, 1.807) is 0 Å². The highest BCUT2D eigenvalue weighted by Crippen LogP contribution is 2.39. The maximum absolute atomic E-state index is 13.9. The molecule has 1 unspecified atom stereocenters. The Hall–Kier alpha value is -2.64. The summed E-state index contributed by atoms with van der Waals surface area (Å²) in [7, 11) is 0. The quantitative estimate of drug-likeness (QED) is 0.228. The standard InChI is InChI=1S/C35H43F2NO3/c1-35(36,37)31-19-17-27(18-20-31)21-38-22-32(39-24-28-11-5-2-6-12-28)34(41-26-30-15-9-4-10-16-30)33(23-38)40-25-29-13-7-3-8-14-29/h2-16,27,31-34H,17-26H2,1H3/t27?,31?,32-,33+,34?. The second-order valence-electron chi connectivity index (χ2n) is 11.8. The fourth-order valence-corrected chi connectivity index (χ4v) is 6.23. The minimum absolute atomic E-state index is 0.190. The van der Waals surface area contributed by atoms with E-state index in [1.807, 2.05) is 54.6 Å². The Balaban J connectivity index is 1.31. The van der Waals surface area contributed by atoms with E-state index in [0.717, 1.165) is 56.1 Å². The second kappa shape index (κ2) is 14.5. The van der Waals surface area contributed by atoms with Crippen molar-refractivity contribution in [3.05, 3.63) is 108 Å². The third-order valence-corrected chi connectivity index (χ3v) is 8.59. The largest absolute Gasteiger partial charge is 0.369 e. The molecule has 0 N–H and O–H groups in total. The number of likely N-dealkylation sites (tertiary alicyclic amines) is 1.